The molecule has 82 valence electrons. The standard InChI is InChI=1S/C8H11BFNO4/c1-14-4-5-15-8-6(9(12)13)2-3-7(10)11-8/h2-3,12-13H,4-5H2,1H3. The van der Waals surface area contributed by atoms with Gasteiger partial charge in [-0.3, -0.25) is 0 Å². The van der Waals surface area contributed by atoms with Crippen molar-refractivity contribution in [2.24, 2.45) is 0 Å². The van der Waals surface area contributed by atoms with Crippen molar-refractivity contribution in [2.45, 2.75) is 0 Å². The first-order valence-electron chi connectivity index (χ1n) is 4.29. The Labute approximate surface area is 86.6 Å². The van der Waals surface area contributed by atoms with Crippen molar-refractivity contribution in [1.82, 2.24) is 4.98 Å². The molecule has 0 aliphatic heterocycles. The summed E-state index contributed by atoms with van der Waals surface area (Å²) >= 11 is 0. The number of halogens is 1. The van der Waals surface area contributed by atoms with Crippen molar-refractivity contribution in [3.05, 3.63) is 18.1 Å². The van der Waals surface area contributed by atoms with Crippen LogP contribution < -0.4 is 10.2 Å². The fourth-order valence-corrected chi connectivity index (χ4v) is 0.962. The van der Waals surface area contributed by atoms with Gasteiger partial charge in [-0.15, -0.1) is 0 Å². The van der Waals surface area contributed by atoms with Crippen LogP contribution >= 0.6 is 0 Å². The Balaban J connectivity index is 2.77. The van der Waals surface area contributed by atoms with Crippen LogP contribution in [0.4, 0.5) is 4.39 Å². The maximum atomic E-state index is 12.7. The minimum Gasteiger partial charge on any atom is -0.475 e. The number of hydrogen-bond donors (Lipinski definition) is 2. The molecular formula is C8H11BFNO4. The van der Waals surface area contributed by atoms with Crippen molar-refractivity contribution in [3.63, 3.8) is 0 Å². The lowest BCUT2D eigenvalue weighted by atomic mass is 9.81. The van der Waals surface area contributed by atoms with E-state index in [0.717, 1.165) is 6.07 Å². The molecule has 1 aromatic rings. The highest BCUT2D eigenvalue weighted by molar-refractivity contribution is 6.59. The lowest BCUT2D eigenvalue weighted by Gasteiger charge is -2.09. The highest BCUT2D eigenvalue weighted by Gasteiger charge is 2.19. The van der Waals surface area contributed by atoms with Crippen LogP contribution in [0.25, 0.3) is 0 Å². The Morgan fingerprint density at radius 2 is 2.13 bits per heavy atom. The van der Waals surface area contributed by atoms with Gasteiger partial charge in [0.1, 0.15) is 6.61 Å². The van der Waals surface area contributed by atoms with Gasteiger partial charge in [0.25, 0.3) is 0 Å². The molecule has 0 unspecified atom stereocenters. The third-order valence-electron chi connectivity index (χ3n) is 1.66. The van der Waals surface area contributed by atoms with Crippen molar-refractivity contribution in [1.29, 1.82) is 0 Å². The number of ether oxygens (including phenoxy) is 2. The molecule has 0 aromatic carbocycles. The number of rotatable bonds is 5. The maximum Gasteiger partial charge on any atom is 0.494 e. The fourth-order valence-electron chi connectivity index (χ4n) is 0.962. The van der Waals surface area contributed by atoms with Crippen LogP contribution in [0.15, 0.2) is 12.1 Å². The monoisotopic (exact) mass is 215 g/mol. The molecule has 15 heavy (non-hydrogen) atoms. The van der Waals surface area contributed by atoms with Gasteiger partial charge in [0.2, 0.25) is 11.8 Å². The fraction of sp³-hybridized carbons (Fsp3) is 0.375. The summed E-state index contributed by atoms with van der Waals surface area (Å²) in [5.41, 5.74) is 0.0208. The zero-order valence-electron chi connectivity index (χ0n) is 8.18. The molecular weight excluding hydrogens is 204 g/mol. The van der Waals surface area contributed by atoms with Gasteiger partial charge in [-0.05, 0) is 6.07 Å². The molecule has 1 heterocycles. The van der Waals surface area contributed by atoms with Crippen LogP contribution in [0, 0.1) is 5.95 Å². The summed E-state index contributed by atoms with van der Waals surface area (Å²) in [7, 11) is -0.250. The molecule has 0 aliphatic rings. The minimum atomic E-state index is -1.74. The SMILES string of the molecule is COCCOc1nc(F)ccc1B(O)O. The van der Waals surface area contributed by atoms with E-state index in [1.807, 2.05) is 0 Å². The van der Waals surface area contributed by atoms with E-state index in [4.69, 9.17) is 19.5 Å². The van der Waals surface area contributed by atoms with Gasteiger partial charge in [-0.25, -0.2) is 0 Å². The predicted octanol–water partition coefficient (Wildman–Crippen LogP) is -1.07. The second-order valence-electron chi connectivity index (χ2n) is 2.74. The normalized spacial score (nSPS) is 10.1. The van der Waals surface area contributed by atoms with E-state index in [9.17, 15) is 4.39 Å². The number of nitrogens with zero attached hydrogens (tertiary/aromatic N) is 1. The van der Waals surface area contributed by atoms with Crippen LogP contribution in [0.2, 0.25) is 0 Å². The Morgan fingerprint density at radius 1 is 1.40 bits per heavy atom. The second kappa shape index (κ2) is 5.64. The van der Waals surface area contributed by atoms with Gasteiger partial charge in [0, 0.05) is 12.6 Å². The Hall–Kier alpha value is -1.18. The number of hydrogen-bond acceptors (Lipinski definition) is 5. The molecule has 0 atom stereocenters. The number of aromatic nitrogens is 1. The van der Waals surface area contributed by atoms with Crippen LogP contribution in [0.3, 0.4) is 0 Å². The van der Waals surface area contributed by atoms with E-state index >= 15 is 0 Å². The smallest absolute Gasteiger partial charge is 0.475 e. The first-order chi connectivity index (χ1) is 7.15. The van der Waals surface area contributed by atoms with Crippen LogP contribution in [-0.4, -0.2) is 42.5 Å². The van der Waals surface area contributed by atoms with E-state index < -0.39 is 13.1 Å². The van der Waals surface area contributed by atoms with Gasteiger partial charge < -0.3 is 19.5 Å². The van der Waals surface area contributed by atoms with Crippen molar-refractivity contribution >= 4 is 12.6 Å². The topological polar surface area (TPSA) is 71.8 Å². The number of pyridine rings is 1. The molecule has 0 saturated carbocycles. The molecule has 1 aromatic heterocycles. The van der Waals surface area contributed by atoms with Crippen LogP contribution in [0.5, 0.6) is 5.88 Å². The molecule has 0 bridgehead atoms. The molecule has 5 nitrogen and oxygen atoms in total. The summed E-state index contributed by atoms with van der Waals surface area (Å²) in [6.07, 6.45) is 0. The summed E-state index contributed by atoms with van der Waals surface area (Å²) < 4.78 is 22.5. The minimum absolute atomic E-state index is 0.0208. The van der Waals surface area contributed by atoms with E-state index in [1.54, 1.807) is 0 Å². The molecule has 0 radical (unpaired) electrons. The molecule has 2 N–H and O–H groups in total. The van der Waals surface area contributed by atoms with E-state index in [0.29, 0.717) is 6.61 Å². The van der Waals surface area contributed by atoms with Crippen molar-refractivity contribution in [3.8, 4) is 5.88 Å². The first kappa shape index (κ1) is 11.9. The Kier molecular flexibility index (Phi) is 4.48. The third-order valence-corrected chi connectivity index (χ3v) is 1.66. The largest absolute Gasteiger partial charge is 0.494 e. The summed E-state index contributed by atoms with van der Waals surface area (Å²) in [6, 6.07) is 2.23. The summed E-state index contributed by atoms with van der Waals surface area (Å²) in [4.78, 5) is 3.40. The van der Waals surface area contributed by atoms with Gasteiger partial charge in [-0.2, -0.15) is 9.37 Å². The highest BCUT2D eigenvalue weighted by Crippen LogP contribution is 2.04. The third kappa shape index (κ3) is 3.47. The zero-order chi connectivity index (χ0) is 11.3. The van der Waals surface area contributed by atoms with Crippen molar-refractivity contribution < 1.29 is 23.9 Å². The maximum absolute atomic E-state index is 12.7. The predicted molar refractivity (Wildman–Crippen MR) is 51.4 cm³/mol. The van der Waals surface area contributed by atoms with Gasteiger partial charge in [0.05, 0.1) is 6.61 Å². The molecule has 1 rings (SSSR count). The average Bonchev–Trinajstić information content (AvgIpc) is 2.18. The van der Waals surface area contributed by atoms with E-state index in [1.165, 1.54) is 13.2 Å². The Bertz CT molecular complexity index is 324. The molecule has 0 saturated heterocycles. The average molecular weight is 215 g/mol. The molecule has 0 fully saturated rings. The quantitative estimate of drug-likeness (QED) is 0.371. The first-order valence-corrected chi connectivity index (χ1v) is 4.29. The lowest BCUT2D eigenvalue weighted by Crippen LogP contribution is -2.32. The lowest BCUT2D eigenvalue weighted by molar-refractivity contribution is 0.143. The molecule has 0 amide bonds. The van der Waals surface area contributed by atoms with Crippen LogP contribution in [0.1, 0.15) is 0 Å². The highest BCUT2D eigenvalue weighted by atomic mass is 19.1. The second-order valence-corrected chi connectivity index (χ2v) is 2.74. The Morgan fingerprint density at radius 3 is 2.73 bits per heavy atom. The summed E-state index contributed by atoms with van der Waals surface area (Å²) in [6.45, 7) is 0.464. The van der Waals surface area contributed by atoms with E-state index in [-0.39, 0.29) is 17.9 Å². The van der Waals surface area contributed by atoms with Crippen molar-refractivity contribution in [2.75, 3.05) is 20.3 Å². The molecule has 0 aliphatic carbocycles. The van der Waals surface area contributed by atoms with Gasteiger partial charge in [-0.1, -0.05) is 6.07 Å². The molecule has 7 heteroatoms. The molecule has 0 spiro atoms. The van der Waals surface area contributed by atoms with Gasteiger partial charge in [0.15, 0.2) is 0 Å². The zero-order valence-corrected chi connectivity index (χ0v) is 8.18. The number of methoxy groups -OCH3 is 1. The van der Waals surface area contributed by atoms with E-state index in [2.05, 4.69) is 4.98 Å². The van der Waals surface area contributed by atoms with Gasteiger partial charge >= 0.3 is 7.12 Å². The summed E-state index contributed by atoms with van der Waals surface area (Å²) in [5.74, 6) is -0.881. The van der Waals surface area contributed by atoms with Crippen LogP contribution in [-0.2, 0) is 4.74 Å². The summed E-state index contributed by atoms with van der Waals surface area (Å²) in [5, 5.41) is 17.9.